The van der Waals surface area contributed by atoms with Crippen molar-refractivity contribution in [2.75, 3.05) is 0 Å². The number of nitrogens with zero attached hydrogens (tertiary/aromatic N) is 3. The lowest BCUT2D eigenvalue weighted by Crippen LogP contribution is -2.00. The second-order valence-electron chi connectivity index (χ2n) is 13.3. The van der Waals surface area contributed by atoms with Crippen LogP contribution in [0.4, 0.5) is 0 Å². The Morgan fingerprint density at radius 3 is 1.24 bits per heavy atom. The molecule has 0 spiro atoms. The average molecular weight is 725 g/mol. The van der Waals surface area contributed by atoms with Gasteiger partial charge in [-0.05, 0) is 62.7 Å². The zero-order chi connectivity index (χ0) is 40.9. The van der Waals surface area contributed by atoms with E-state index >= 15 is 0 Å². The van der Waals surface area contributed by atoms with E-state index in [1.165, 1.54) is 16.7 Å². The molecule has 0 N–H and O–H groups in total. The van der Waals surface area contributed by atoms with Gasteiger partial charge in [-0.2, -0.15) is 0 Å². The van der Waals surface area contributed by atoms with E-state index in [2.05, 4.69) is 103 Å². The lowest BCUT2D eigenvalue weighted by atomic mass is 9.98. The highest BCUT2D eigenvalue weighted by Crippen LogP contribution is 2.39. The Hall–Kier alpha value is -7.01. The van der Waals surface area contributed by atoms with Crippen molar-refractivity contribution in [2.45, 2.75) is 0 Å². The van der Waals surface area contributed by atoms with Crippen LogP contribution in [-0.4, -0.2) is 15.0 Å². The highest BCUT2D eigenvalue weighted by Gasteiger charge is 2.15. The molecule has 0 amide bonds. The molecule has 55 heavy (non-hydrogen) atoms. The largest absolute Gasteiger partial charge is 0.208 e. The van der Waals surface area contributed by atoms with Gasteiger partial charge in [0.1, 0.15) is 0 Å². The predicted molar refractivity (Wildman–Crippen MR) is 231 cm³/mol. The Morgan fingerprint density at radius 2 is 0.673 bits per heavy atom. The summed E-state index contributed by atoms with van der Waals surface area (Å²) in [7, 11) is 0. The van der Waals surface area contributed by atoms with E-state index in [0.29, 0.717) is 17.2 Å². The van der Waals surface area contributed by atoms with Crippen LogP contribution in [0, 0.1) is 0 Å². The third-order valence-electron chi connectivity index (χ3n) is 9.86. The third kappa shape index (κ3) is 6.50. The Kier molecular flexibility index (Phi) is 7.06. The highest BCUT2D eigenvalue weighted by atomic mass is 32.1. The predicted octanol–water partition coefficient (Wildman–Crippen LogP) is 13.9. The van der Waals surface area contributed by atoms with E-state index < -0.39 is 18.1 Å². The van der Waals surface area contributed by atoms with Crippen LogP contribution in [0.3, 0.4) is 0 Å². The van der Waals surface area contributed by atoms with Gasteiger partial charge in [0.2, 0.25) is 0 Å². The molecule has 0 unspecified atom stereocenters. The van der Waals surface area contributed by atoms with Gasteiger partial charge in [-0.25, -0.2) is 15.0 Å². The summed E-state index contributed by atoms with van der Waals surface area (Å²) >= 11 is 1.69. The smallest absolute Gasteiger partial charge is 0.164 e. The summed E-state index contributed by atoms with van der Waals surface area (Å²) in [5.74, 6) is 0.672. The fourth-order valence-electron chi connectivity index (χ4n) is 7.01. The quantitative estimate of drug-likeness (QED) is 0.164. The maximum atomic E-state index is 8.73. The minimum Gasteiger partial charge on any atom is -0.208 e. The summed E-state index contributed by atoms with van der Waals surface area (Å²) in [6.45, 7) is 0. The molecular formula is C51H33N3S. The third-order valence-corrected chi connectivity index (χ3v) is 11.0. The van der Waals surface area contributed by atoms with Gasteiger partial charge in [0, 0.05) is 36.9 Å². The monoisotopic (exact) mass is 724 g/mol. The van der Waals surface area contributed by atoms with Crippen LogP contribution in [-0.2, 0) is 0 Å². The zero-order valence-electron chi connectivity index (χ0n) is 34.4. The molecule has 8 aromatic carbocycles. The fraction of sp³-hybridized carbons (Fsp3) is 0. The van der Waals surface area contributed by atoms with E-state index in [4.69, 9.17) is 21.8 Å². The summed E-state index contributed by atoms with van der Waals surface area (Å²) < 4.78 is 44.5. The first kappa shape index (κ1) is 27.6. The summed E-state index contributed by atoms with van der Waals surface area (Å²) in [5, 5.41) is 2.25. The van der Waals surface area contributed by atoms with Crippen molar-refractivity contribution >= 4 is 31.5 Å². The number of benzene rings is 8. The molecule has 0 saturated carbocycles. The normalized spacial score (nSPS) is 12.5. The van der Waals surface area contributed by atoms with Gasteiger partial charge in [-0.1, -0.05) is 182 Å². The van der Waals surface area contributed by atoms with Crippen molar-refractivity contribution in [3.63, 3.8) is 0 Å². The van der Waals surface area contributed by atoms with Gasteiger partial charge in [0.25, 0.3) is 0 Å². The van der Waals surface area contributed by atoms with Crippen LogP contribution in [0.5, 0.6) is 0 Å². The topological polar surface area (TPSA) is 38.7 Å². The highest BCUT2D eigenvalue weighted by molar-refractivity contribution is 7.25. The SMILES string of the molecule is [2H]c1c([2H])c([2H])c(-c2nc(-c3cccc(-c4ccccc4)c3)nc(-c3ccc4c(c3)sc3cc(-c5ccc(-c6ccc(-c7ccccc7)cc6)cc5)ccc34)n2)c([2H])c1[2H]. The number of thiophene rings is 1. The summed E-state index contributed by atoms with van der Waals surface area (Å²) in [6, 6.07) is 56.2. The number of aromatic nitrogens is 3. The summed E-state index contributed by atoms with van der Waals surface area (Å²) in [4.78, 5) is 14.5. The molecule has 2 heterocycles. The van der Waals surface area contributed by atoms with Crippen molar-refractivity contribution < 1.29 is 6.85 Å². The van der Waals surface area contributed by atoms with Gasteiger partial charge in [-0.3, -0.25) is 0 Å². The first-order valence-corrected chi connectivity index (χ1v) is 18.8. The molecular weight excluding hydrogens is 687 g/mol. The average Bonchev–Trinajstić information content (AvgIpc) is 3.68. The first-order chi connectivity index (χ1) is 29.3. The Bertz CT molecular complexity index is 3210. The summed E-state index contributed by atoms with van der Waals surface area (Å²) in [5.41, 5.74) is 10.3. The van der Waals surface area contributed by atoms with Crippen LogP contribution in [0.25, 0.3) is 98.8 Å². The van der Waals surface area contributed by atoms with Gasteiger partial charge in [0.15, 0.2) is 17.5 Å². The van der Waals surface area contributed by atoms with E-state index in [9.17, 15) is 0 Å². The standard InChI is InChI=1S/C51H33N3S/c1-4-11-34(12-5-1)36-19-21-37(22-20-36)38-23-25-39(26-24-38)42-27-29-45-46-30-28-44(33-48(46)55-47(45)32-42)51-53-49(40-15-8-3-9-16-40)52-50(54-51)43-18-10-17-41(31-43)35-13-6-2-7-14-35/h1-33H/i3D,8D,9D,15D,16D. The van der Waals surface area contributed by atoms with Gasteiger partial charge in [-0.15, -0.1) is 11.3 Å². The number of rotatable bonds is 7. The van der Waals surface area contributed by atoms with E-state index in [1.807, 2.05) is 66.7 Å². The fourth-order valence-corrected chi connectivity index (χ4v) is 8.20. The van der Waals surface area contributed by atoms with Crippen molar-refractivity contribution in [2.24, 2.45) is 0 Å². The van der Waals surface area contributed by atoms with Crippen LogP contribution in [0.2, 0.25) is 0 Å². The Morgan fingerprint density at radius 1 is 0.309 bits per heavy atom. The van der Waals surface area contributed by atoms with Gasteiger partial charge < -0.3 is 0 Å². The molecule has 10 aromatic rings. The molecule has 0 aliphatic heterocycles. The Labute approximate surface area is 331 Å². The van der Waals surface area contributed by atoms with Crippen LogP contribution in [0.15, 0.2) is 200 Å². The van der Waals surface area contributed by atoms with Gasteiger partial charge >= 0.3 is 0 Å². The van der Waals surface area contributed by atoms with Crippen molar-refractivity contribution in [1.82, 2.24) is 15.0 Å². The molecule has 10 rings (SSSR count). The molecule has 0 saturated heterocycles. The molecule has 0 aliphatic carbocycles. The number of hydrogen-bond donors (Lipinski definition) is 0. The van der Waals surface area contributed by atoms with Gasteiger partial charge in [0.05, 0.1) is 6.85 Å². The second-order valence-corrected chi connectivity index (χ2v) is 14.4. The number of hydrogen-bond acceptors (Lipinski definition) is 4. The maximum absolute atomic E-state index is 8.73. The maximum Gasteiger partial charge on any atom is 0.164 e. The first-order valence-electron chi connectivity index (χ1n) is 20.5. The van der Waals surface area contributed by atoms with Crippen LogP contribution in [0.1, 0.15) is 6.85 Å². The molecule has 3 nitrogen and oxygen atoms in total. The van der Waals surface area contributed by atoms with Crippen molar-refractivity contribution in [1.29, 1.82) is 0 Å². The van der Waals surface area contributed by atoms with E-state index in [-0.39, 0.29) is 23.5 Å². The van der Waals surface area contributed by atoms with E-state index in [0.717, 1.165) is 53.6 Å². The van der Waals surface area contributed by atoms with Crippen molar-refractivity contribution in [3.05, 3.63) is 200 Å². The Balaban J connectivity index is 1.02. The van der Waals surface area contributed by atoms with Crippen LogP contribution < -0.4 is 0 Å². The molecule has 0 fully saturated rings. The van der Waals surface area contributed by atoms with Crippen molar-refractivity contribution in [3.8, 4) is 78.7 Å². The molecule has 2 aromatic heterocycles. The number of fused-ring (bicyclic) bond motifs is 3. The molecule has 0 atom stereocenters. The molecule has 258 valence electrons. The second kappa shape index (κ2) is 14.1. The van der Waals surface area contributed by atoms with E-state index in [1.54, 1.807) is 11.3 Å². The molecule has 0 aliphatic rings. The zero-order valence-corrected chi connectivity index (χ0v) is 30.2. The molecule has 4 heteroatoms. The minimum absolute atomic E-state index is 0.00779. The van der Waals surface area contributed by atoms with Crippen LogP contribution >= 0.6 is 11.3 Å². The lowest BCUT2D eigenvalue weighted by molar-refractivity contribution is 1.07. The molecule has 0 radical (unpaired) electrons. The molecule has 0 bridgehead atoms. The lowest BCUT2D eigenvalue weighted by Gasteiger charge is -2.10. The minimum atomic E-state index is -0.473. The summed E-state index contributed by atoms with van der Waals surface area (Å²) in [6.07, 6.45) is 0.